The summed E-state index contributed by atoms with van der Waals surface area (Å²) in [5.41, 5.74) is 0. The number of aliphatic hydroxyl groups excluding tert-OH is 5. The number of amides is 1. The summed E-state index contributed by atoms with van der Waals surface area (Å²) in [6, 6.07) is -1.04. The van der Waals surface area contributed by atoms with Crippen molar-refractivity contribution in [1.29, 1.82) is 0 Å². The van der Waals surface area contributed by atoms with E-state index >= 15 is 0 Å². The Morgan fingerprint density at radius 1 is 0.476 bits per heavy atom. The van der Waals surface area contributed by atoms with Crippen molar-refractivity contribution in [3.8, 4) is 0 Å². The van der Waals surface area contributed by atoms with Gasteiger partial charge >= 0.3 is 5.97 Å². The van der Waals surface area contributed by atoms with Crippen molar-refractivity contribution in [3.63, 3.8) is 0 Å². The molecule has 0 aromatic heterocycles. The van der Waals surface area contributed by atoms with E-state index in [9.17, 15) is 35.1 Å². The monoisotopic (exact) mass is 1180 g/mol. The fourth-order valence-corrected chi connectivity index (χ4v) is 10.0. The topological polar surface area (TPSA) is 175 Å². The van der Waals surface area contributed by atoms with Crippen molar-refractivity contribution in [2.24, 2.45) is 0 Å². The van der Waals surface area contributed by atoms with E-state index in [1.807, 2.05) is 6.08 Å². The average Bonchev–Trinajstić information content (AvgIpc) is 3.54. The Bertz CT molecular complexity index is 1780. The molecule has 0 spiro atoms. The number of carbonyl (C=O) groups excluding carboxylic acids is 2. The Morgan fingerprint density at radius 2 is 0.857 bits per heavy atom. The van der Waals surface area contributed by atoms with Crippen LogP contribution >= 0.6 is 0 Å². The predicted molar refractivity (Wildman–Crippen MR) is 351 cm³/mol. The second-order valence-corrected chi connectivity index (χ2v) is 23.2. The quantitative estimate of drug-likeness (QED) is 0.0195. The third-order valence-electron chi connectivity index (χ3n) is 15.4. The van der Waals surface area contributed by atoms with Gasteiger partial charge < -0.3 is 45.1 Å². The Hall–Kier alpha value is -3.68. The minimum atomic E-state index is -1.63. The first kappa shape index (κ1) is 78.3. The van der Waals surface area contributed by atoms with Gasteiger partial charge in [-0.25, -0.2) is 0 Å². The molecule has 1 amide bonds. The molecule has 0 aromatic rings. The zero-order valence-corrected chi connectivity index (χ0v) is 53.5. The molecule has 84 heavy (non-hydrogen) atoms. The fraction of sp³-hybridized carbons (Fsp3) is 0.726. The van der Waals surface area contributed by atoms with E-state index in [2.05, 4.69) is 123 Å². The Morgan fingerprint density at radius 3 is 1.31 bits per heavy atom. The third kappa shape index (κ3) is 46.5. The molecule has 0 saturated carbocycles. The molecular weight excluding hydrogens is 1050 g/mol. The Balaban J connectivity index is 2.63. The summed E-state index contributed by atoms with van der Waals surface area (Å²) in [7, 11) is 0. The van der Waals surface area contributed by atoms with Gasteiger partial charge in [0.2, 0.25) is 5.91 Å². The van der Waals surface area contributed by atoms with Gasteiger partial charge in [-0.05, 0) is 109 Å². The smallest absolute Gasteiger partial charge is 0.306 e. The largest absolute Gasteiger partial charge is 0.454 e. The van der Waals surface area contributed by atoms with Crippen LogP contribution in [0.25, 0.3) is 0 Å². The molecule has 482 valence electrons. The highest BCUT2D eigenvalue weighted by molar-refractivity contribution is 5.80. The summed E-state index contributed by atoms with van der Waals surface area (Å²) in [6.07, 6.45) is 71.1. The summed E-state index contributed by atoms with van der Waals surface area (Å²) in [4.78, 5) is 26.6. The lowest BCUT2D eigenvalue weighted by Crippen LogP contribution is -2.61. The molecule has 1 saturated heterocycles. The van der Waals surface area contributed by atoms with E-state index in [-0.39, 0.29) is 19.4 Å². The molecule has 8 unspecified atom stereocenters. The van der Waals surface area contributed by atoms with Crippen LogP contribution in [0.4, 0.5) is 0 Å². The van der Waals surface area contributed by atoms with Crippen LogP contribution in [0, 0.1) is 0 Å². The molecule has 1 fully saturated rings. The van der Waals surface area contributed by atoms with Gasteiger partial charge in [-0.3, -0.25) is 9.59 Å². The van der Waals surface area contributed by atoms with E-state index in [0.717, 1.165) is 135 Å². The number of carbonyl (C=O) groups is 2. The molecule has 11 heteroatoms. The summed E-state index contributed by atoms with van der Waals surface area (Å²) in [5, 5.41) is 57.2. The van der Waals surface area contributed by atoms with Crippen LogP contribution in [-0.2, 0) is 23.8 Å². The van der Waals surface area contributed by atoms with Crippen molar-refractivity contribution in [2.45, 2.75) is 327 Å². The first-order chi connectivity index (χ1) is 41.2. The lowest BCUT2D eigenvalue weighted by atomic mass is 9.99. The van der Waals surface area contributed by atoms with Gasteiger partial charge in [-0.2, -0.15) is 0 Å². The maximum Gasteiger partial charge on any atom is 0.306 e. The maximum absolute atomic E-state index is 13.5. The lowest BCUT2D eigenvalue weighted by molar-refractivity contribution is -0.305. The second-order valence-electron chi connectivity index (χ2n) is 23.2. The molecule has 0 bridgehead atoms. The molecule has 0 radical (unpaired) electrons. The average molecular weight is 1180 g/mol. The zero-order chi connectivity index (χ0) is 61.0. The van der Waals surface area contributed by atoms with Gasteiger partial charge in [0.25, 0.3) is 0 Å². The first-order valence-electron chi connectivity index (χ1n) is 34.2. The van der Waals surface area contributed by atoms with Crippen molar-refractivity contribution < 1.29 is 49.3 Å². The van der Waals surface area contributed by atoms with Gasteiger partial charge in [-0.1, -0.05) is 271 Å². The van der Waals surface area contributed by atoms with Crippen molar-refractivity contribution in [2.75, 3.05) is 13.2 Å². The number of hydrogen-bond donors (Lipinski definition) is 6. The SMILES string of the molecule is CC/C=C\C/C=C\C/C=C\C/C=C\C/C=C\CCCCCCCCCCC(O)C(=O)NC(COC1OC(CO)C(O)C(O)C1OC(=O)CCCCCCCC/C=C\C/C=C\C/C=C\CCCCC)C(O)/C=C/CCCCCCCCCCCC. The number of nitrogens with one attached hydrogen (secondary N) is 1. The highest BCUT2D eigenvalue weighted by atomic mass is 16.7. The number of hydrogen-bond acceptors (Lipinski definition) is 10. The summed E-state index contributed by atoms with van der Waals surface area (Å²) in [5.74, 6) is -1.22. The number of aliphatic hydroxyl groups is 5. The van der Waals surface area contributed by atoms with Crippen molar-refractivity contribution in [3.05, 3.63) is 109 Å². The zero-order valence-electron chi connectivity index (χ0n) is 53.5. The van der Waals surface area contributed by atoms with E-state index in [1.54, 1.807) is 6.08 Å². The predicted octanol–water partition coefficient (Wildman–Crippen LogP) is 17.2. The van der Waals surface area contributed by atoms with Gasteiger partial charge in [0.05, 0.1) is 25.4 Å². The minimum absolute atomic E-state index is 0.104. The normalized spacial score (nSPS) is 19.2. The summed E-state index contributed by atoms with van der Waals surface area (Å²) < 4.78 is 17.7. The van der Waals surface area contributed by atoms with E-state index in [0.29, 0.717) is 12.8 Å². The van der Waals surface area contributed by atoms with E-state index < -0.39 is 67.4 Å². The number of allylic oxidation sites excluding steroid dienone is 17. The molecule has 8 atom stereocenters. The van der Waals surface area contributed by atoms with E-state index in [4.69, 9.17) is 14.2 Å². The lowest BCUT2D eigenvalue weighted by Gasteiger charge is -2.41. The standard InChI is InChI=1S/C73H125NO10/c1-4-7-10-13-16-19-22-25-27-29-31-32-33-34-35-37-38-40-42-45-48-51-54-57-60-66(77)72(81)74-64(65(76)59-56-53-50-47-44-24-21-18-15-12-9-6-3)63-82-73-71(70(80)69(79)67(62-75)83-73)84-68(78)61-58-55-52-49-46-43-41-39-36-30-28-26-23-20-17-14-11-8-5-2/h7,10,16-17,19-20,25-28,31-32,34-36,39,56,59,64-67,69-71,73,75-77,79-80H,4-6,8-9,11-15,18,21-24,29-30,33,37-38,40-55,57-58,60-63H2,1-3H3,(H,74,81)/b10-7-,19-16-,20-17-,27-25-,28-26-,32-31-,35-34-,39-36-,59-56+. The first-order valence-corrected chi connectivity index (χ1v) is 34.2. The highest BCUT2D eigenvalue weighted by Gasteiger charge is 2.47. The number of ether oxygens (including phenoxy) is 3. The maximum atomic E-state index is 13.5. The molecular formula is C73H125NO10. The second kappa shape index (κ2) is 59.6. The van der Waals surface area contributed by atoms with Crippen LogP contribution in [0.5, 0.6) is 0 Å². The van der Waals surface area contributed by atoms with Crippen molar-refractivity contribution >= 4 is 11.9 Å². The Kier molecular flexibility index (Phi) is 55.6. The molecule has 1 heterocycles. The third-order valence-corrected chi connectivity index (χ3v) is 15.4. The molecule has 1 aliphatic heterocycles. The van der Waals surface area contributed by atoms with Gasteiger partial charge in [-0.15, -0.1) is 0 Å². The molecule has 0 aromatic carbocycles. The van der Waals surface area contributed by atoms with Crippen LogP contribution < -0.4 is 5.32 Å². The summed E-state index contributed by atoms with van der Waals surface area (Å²) >= 11 is 0. The van der Waals surface area contributed by atoms with Gasteiger partial charge in [0.15, 0.2) is 12.4 Å². The van der Waals surface area contributed by atoms with Crippen molar-refractivity contribution in [1.82, 2.24) is 5.32 Å². The van der Waals surface area contributed by atoms with Crippen LogP contribution in [0.1, 0.15) is 278 Å². The minimum Gasteiger partial charge on any atom is -0.454 e. The van der Waals surface area contributed by atoms with E-state index in [1.165, 1.54) is 96.3 Å². The number of rotatable bonds is 57. The van der Waals surface area contributed by atoms with Gasteiger partial charge in [0, 0.05) is 6.42 Å². The molecule has 1 rings (SSSR count). The summed E-state index contributed by atoms with van der Waals surface area (Å²) in [6.45, 7) is 5.65. The number of unbranched alkanes of at least 4 members (excludes halogenated alkanes) is 27. The Labute approximate surface area is 513 Å². The van der Waals surface area contributed by atoms with Crippen LogP contribution in [0.2, 0.25) is 0 Å². The molecule has 0 aliphatic carbocycles. The van der Waals surface area contributed by atoms with Crippen LogP contribution in [0.15, 0.2) is 109 Å². The molecule has 1 aliphatic rings. The van der Waals surface area contributed by atoms with Gasteiger partial charge in [0.1, 0.15) is 24.4 Å². The number of esters is 1. The molecule has 6 N–H and O–H groups in total. The van der Waals surface area contributed by atoms with Crippen LogP contribution in [-0.4, -0.2) is 99.6 Å². The van der Waals surface area contributed by atoms with Crippen LogP contribution in [0.3, 0.4) is 0 Å². The molecule has 11 nitrogen and oxygen atoms in total. The highest BCUT2D eigenvalue weighted by Crippen LogP contribution is 2.26. The fourth-order valence-electron chi connectivity index (χ4n) is 10.0.